The summed E-state index contributed by atoms with van der Waals surface area (Å²) in [4.78, 5) is 2.46. The molecule has 0 aliphatic carbocycles. The summed E-state index contributed by atoms with van der Waals surface area (Å²) >= 11 is 0. The molecular weight excluding hydrogens is 162 g/mol. The molecule has 2 rings (SSSR count). The average Bonchev–Trinajstić information content (AvgIpc) is 2.69. The lowest BCUT2D eigenvalue weighted by atomic mass is 9.90. The molecule has 0 saturated carbocycles. The standard InChI is InChI=1S/C10H17N3/c1-2-12-10(8-11)5-7-13-6-3-4-9(10)13/h9,12H,2-7H2,1H3. The Hall–Kier alpha value is -0.590. The third-order valence-electron chi connectivity index (χ3n) is 3.42. The van der Waals surface area contributed by atoms with Crippen LogP contribution in [0.15, 0.2) is 0 Å². The van der Waals surface area contributed by atoms with Crippen LogP contribution in [-0.2, 0) is 0 Å². The molecule has 2 heterocycles. The van der Waals surface area contributed by atoms with E-state index in [1.54, 1.807) is 0 Å². The maximum atomic E-state index is 9.26. The van der Waals surface area contributed by atoms with E-state index in [0.717, 1.165) is 19.5 Å². The molecule has 2 atom stereocenters. The second-order valence-electron chi connectivity index (χ2n) is 4.06. The third-order valence-corrected chi connectivity index (χ3v) is 3.42. The highest BCUT2D eigenvalue weighted by Gasteiger charge is 2.48. The van der Waals surface area contributed by atoms with E-state index in [1.807, 2.05) is 0 Å². The molecular formula is C10H17N3. The predicted molar refractivity (Wildman–Crippen MR) is 51.2 cm³/mol. The summed E-state index contributed by atoms with van der Waals surface area (Å²) in [6.07, 6.45) is 3.46. The Morgan fingerprint density at radius 2 is 2.46 bits per heavy atom. The van der Waals surface area contributed by atoms with E-state index in [-0.39, 0.29) is 5.54 Å². The van der Waals surface area contributed by atoms with Gasteiger partial charge in [-0.25, -0.2) is 0 Å². The van der Waals surface area contributed by atoms with Crippen molar-refractivity contribution in [1.29, 1.82) is 5.26 Å². The van der Waals surface area contributed by atoms with Crippen LogP contribution < -0.4 is 5.32 Å². The van der Waals surface area contributed by atoms with Gasteiger partial charge in [-0.2, -0.15) is 5.26 Å². The van der Waals surface area contributed by atoms with Crippen LogP contribution in [-0.4, -0.2) is 36.1 Å². The number of nitriles is 1. The summed E-state index contributed by atoms with van der Waals surface area (Å²) in [6, 6.07) is 2.98. The van der Waals surface area contributed by atoms with Gasteiger partial charge in [0.15, 0.2) is 0 Å². The summed E-state index contributed by atoms with van der Waals surface area (Å²) in [5.41, 5.74) is -0.231. The largest absolute Gasteiger partial charge is 0.298 e. The quantitative estimate of drug-likeness (QED) is 0.679. The van der Waals surface area contributed by atoms with Crippen LogP contribution in [0.4, 0.5) is 0 Å². The first-order valence-corrected chi connectivity index (χ1v) is 5.23. The zero-order valence-electron chi connectivity index (χ0n) is 8.21. The van der Waals surface area contributed by atoms with Gasteiger partial charge >= 0.3 is 0 Å². The number of hydrogen-bond donors (Lipinski definition) is 1. The van der Waals surface area contributed by atoms with Crippen molar-refractivity contribution in [1.82, 2.24) is 10.2 Å². The van der Waals surface area contributed by atoms with Crippen molar-refractivity contribution in [3.8, 4) is 6.07 Å². The van der Waals surface area contributed by atoms with Crippen LogP contribution in [0.25, 0.3) is 0 Å². The monoisotopic (exact) mass is 179 g/mol. The van der Waals surface area contributed by atoms with Crippen LogP contribution in [0.5, 0.6) is 0 Å². The van der Waals surface area contributed by atoms with E-state index in [4.69, 9.17) is 0 Å². The van der Waals surface area contributed by atoms with Gasteiger partial charge in [0.1, 0.15) is 5.54 Å². The van der Waals surface area contributed by atoms with Crippen molar-refractivity contribution in [2.45, 2.75) is 37.8 Å². The first-order chi connectivity index (χ1) is 6.32. The minimum atomic E-state index is -0.231. The number of nitrogens with zero attached hydrogens (tertiary/aromatic N) is 2. The van der Waals surface area contributed by atoms with Gasteiger partial charge in [-0.05, 0) is 32.4 Å². The van der Waals surface area contributed by atoms with Crippen LogP contribution in [0.2, 0.25) is 0 Å². The van der Waals surface area contributed by atoms with Crippen molar-refractivity contribution in [3.63, 3.8) is 0 Å². The molecule has 0 aromatic rings. The van der Waals surface area contributed by atoms with Crippen LogP contribution >= 0.6 is 0 Å². The Bertz CT molecular complexity index is 229. The Morgan fingerprint density at radius 1 is 1.62 bits per heavy atom. The molecule has 2 saturated heterocycles. The van der Waals surface area contributed by atoms with Gasteiger partial charge in [-0.1, -0.05) is 6.92 Å². The Labute approximate surface area is 79.7 Å². The van der Waals surface area contributed by atoms with Gasteiger partial charge in [-0.15, -0.1) is 0 Å². The summed E-state index contributed by atoms with van der Waals surface area (Å²) in [7, 11) is 0. The van der Waals surface area contributed by atoms with E-state index in [1.165, 1.54) is 19.4 Å². The lowest BCUT2D eigenvalue weighted by Gasteiger charge is -2.28. The third kappa shape index (κ3) is 1.25. The molecule has 13 heavy (non-hydrogen) atoms. The van der Waals surface area contributed by atoms with E-state index in [9.17, 15) is 5.26 Å². The van der Waals surface area contributed by atoms with Crippen molar-refractivity contribution >= 4 is 0 Å². The van der Waals surface area contributed by atoms with Crippen molar-refractivity contribution < 1.29 is 0 Å². The second-order valence-corrected chi connectivity index (χ2v) is 4.06. The van der Waals surface area contributed by atoms with Gasteiger partial charge in [0.2, 0.25) is 0 Å². The van der Waals surface area contributed by atoms with Gasteiger partial charge in [-0.3, -0.25) is 10.2 Å². The summed E-state index contributed by atoms with van der Waals surface area (Å²) in [5.74, 6) is 0. The molecule has 1 N–H and O–H groups in total. The molecule has 2 aliphatic heterocycles. The maximum absolute atomic E-state index is 9.26. The molecule has 0 radical (unpaired) electrons. The molecule has 0 aromatic heterocycles. The number of fused-ring (bicyclic) bond motifs is 1. The second kappa shape index (κ2) is 3.28. The molecule has 3 nitrogen and oxygen atoms in total. The zero-order chi connectivity index (χ0) is 9.31. The molecule has 0 amide bonds. The number of likely N-dealkylation sites (N-methyl/N-ethyl adjacent to an activating group) is 1. The fraction of sp³-hybridized carbons (Fsp3) is 0.900. The molecule has 2 aliphatic rings. The summed E-state index contributed by atoms with van der Waals surface area (Å²) < 4.78 is 0. The van der Waals surface area contributed by atoms with Crippen LogP contribution in [0.3, 0.4) is 0 Å². The van der Waals surface area contributed by atoms with E-state index >= 15 is 0 Å². The number of nitrogens with one attached hydrogen (secondary N) is 1. The van der Waals surface area contributed by atoms with E-state index in [2.05, 4.69) is 23.2 Å². The minimum Gasteiger partial charge on any atom is -0.298 e. The molecule has 2 fully saturated rings. The molecule has 0 aromatic carbocycles. The van der Waals surface area contributed by atoms with Crippen molar-refractivity contribution in [2.75, 3.05) is 19.6 Å². The molecule has 2 unspecified atom stereocenters. The van der Waals surface area contributed by atoms with Gasteiger partial charge < -0.3 is 0 Å². The van der Waals surface area contributed by atoms with Crippen molar-refractivity contribution in [2.24, 2.45) is 0 Å². The summed E-state index contributed by atoms with van der Waals surface area (Å²) in [6.45, 7) is 5.28. The van der Waals surface area contributed by atoms with Gasteiger partial charge in [0, 0.05) is 12.6 Å². The normalized spacial score (nSPS) is 38.9. The highest BCUT2D eigenvalue weighted by molar-refractivity contribution is 5.19. The van der Waals surface area contributed by atoms with Crippen LogP contribution in [0, 0.1) is 11.3 Å². The Morgan fingerprint density at radius 3 is 3.15 bits per heavy atom. The maximum Gasteiger partial charge on any atom is 0.123 e. The lowest BCUT2D eigenvalue weighted by molar-refractivity contribution is 0.268. The minimum absolute atomic E-state index is 0.231. The average molecular weight is 179 g/mol. The fourth-order valence-electron chi connectivity index (χ4n) is 2.83. The highest BCUT2D eigenvalue weighted by Crippen LogP contribution is 2.35. The first-order valence-electron chi connectivity index (χ1n) is 5.23. The SMILES string of the molecule is CCNC1(C#N)CCN2CCCC21. The number of hydrogen-bond acceptors (Lipinski definition) is 3. The summed E-state index contributed by atoms with van der Waals surface area (Å²) in [5, 5.41) is 12.6. The van der Waals surface area contributed by atoms with Gasteiger partial charge in [0.05, 0.1) is 6.07 Å². The first kappa shape index (κ1) is 8.98. The van der Waals surface area contributed by atoms with E-state index in [0.29, 0.717) is 6.04 Å². The molecule has 3 heteroatoms. The fourth-order valence-corrected chi connectivity index (χ4v) is 2.83. The lowest BCUT2D eigenvalue weighted by Crippen LogP contribution is -2.51. The number of rotatable bonds is 2. The Balaban J connectivity index is 2.17. The van der Waals surface area contributed by atoms with Gasteiger partial charge in [0.25, 0.3) is 0 Å². The molecule has 0 bridgehead atoms. The highest BCUT2D eigenvalue weighted by atomic mass is 15.3. The Kier molecular flexibility index (Phi) is 2.27. The predicted octanol–water partition coefficient (Wildman–Crippen LogP) is 0.726. The topological polar surface area (TPSA) is 39.1 Å². The molecule has 72 valence electrons. The van der Waals surface area contributed by atoms with Crippen LogP contribution in [0.1, 0.15) is 26.2 Å². The zero-order valence-corrected chi connectivity index (χ0v) is 8.21. The van der Waals surface area contributed by atoms with E-state index < -0.39 is 0 Å². The molecule has 0 spiro atoms. The smallest absolute Gasteiger partial charge is 0.123 e. The van der Waals surface area contributed by atoms with Crippen molar-refractivity contribution in [3.05, 3.63) is 0 Å².